The van der Waals surface area contributed by atoms with E-state index >= 15 is 0 Å². The van der Waals surface area contributed by atoms with Crippen LogP contribution in [0.15, 0.2) is 48.5 Å². The third-order valence-electron chi connectivity index (χ3n) is 3.83. The van der Waals surface area contributed by atoms with Crippen molar-refractivity contribution in [3.8, 4) is 5.75 Å². The third-order valence-corrected chi connectivity index (χ3v) is 3.83. The minimum Gasteiger partial charge on any atom is -0.494 e. The zero-order chi connectivity index (χ0) is 17.3. The lowest BCUT2D eigenvalue weighted by Gasteiger charge is -2.24. The Bertz CT molecular complexity index is 778. The first kappa shape index (κ1) is 15.9. The number of ether oxygens (including phenoxy) is 1. The van der Waals surface area contributed by atoms with Gasteiger partial charge in [-0.25, -0.2) is 14.4 Å². The van der Waals surface area contributed by atoms with Crippen molar-refractivity contribution in [3.63, 3.8) is 0 Å². The Balaban J connectivity index is 1.89. The summed E-state index contributed by atoms with van der Waals surface area (Å²) >= 11 is 0. The molecule has 0 saturated carbocycles. The van der Waals surface area contributed by atoms with Crippen molar-refractivity contribution in [2.75, 3.05) is 17.1 Å². The van der Waals surface area contributed by atoms with Gasteiger partial charge in [0.25, 0.3) is 5.91 Å². The van der Waals surface area contributed by atoms with Gasteiger partial charge < -0.3 is 4.74 Å². The molecule has 1 aliphatic rings. The largest absolute Gasteiger partial charge is 0.494 e. The summed E-state index contributed by atoms with van der Waals surface area (Å²) in [4.78, 5) is 25.7. The van der Waals surface area contributed by atoms with Gasteiger partial charge >= 0.3 is 0 Å². The van der Waals surface area contributed by atoms with Crippen molar-refractivity contribution in [1.82, 2.24) is 0 Å². The highest BCUT2D eigenvalue weighted by Gasteiger charge is 2.43. The molecule has 0 aromatic heterocycles. The molecule has 2 aromatic carbocycles. The molecule has 7 heteroatoms. The summed E-state index contributed by atoms with van der Waals surface area (Å²) < 4.78 is 18.2. The fraction of sp³-hybridized carbons (Fsp3) is 0.176. The minimum atomic E-state index is -1.07. The number of hydroxylamine groups is 1. The van der Waals surface area contributed by atoms with Gasteiger partial charge in [-0.2, -0.15) is 0 Å². The van der Waals surface area contributed by atoms with Gasteiger partial charge in [-0.3, -0.25) is 14.8 Å². The second kappa shape index (κ2) is 6.29. The maximum Gasteiger partial charge on any atom is 0.259 e. The molecular formula is C17H15FN2O4. The number of hydrogen-bond donors (Lipinski definition) is 1. The molecule has 124 valence electrons. The van der Waals surface area contributed by atoms with E-state index in [9.17, 15) is 19.2 Å². The van der Waals surface area contributed by atoms with Crippen LogP contribution in [0.1, 0.15) is 6.42 Å². The van der Waals surface area contributed by atoms with E-state index in [4.69, 9.17) is 4.74 Å². The average Bonchev–Trinajstić information content (AvgIpc) is 2.89. The number of carbonyl (C=O) groups is 2. The first-order chi connectivity index (χ1) is 11.5. The van der Waals surface area contributed by atoms with Gasteiger partial charge in [-0.1, -0.05) is 12.1 Å². The molecule has 0 spiro atoms. The van der Waals surface area contributed by atoms with Crippen LogP contribution in [0.25, 0.3) is 0 Å². The Morgan fingerprint density at radius 2 is 1.83 bits per heavy atom. The van der Waals surface area contributed by atoms with Crippen molar-refractivity contribution in [1.29, 1.82) is 0 Å². The first-order valence-electron chi connectivity index (χ1n) is 7.26. The summed E-state index contributed by atoms with van der Waals surface area (Å²) in [5.74, 6) is -1.14. The second-order valence-electron chi connectivity index (χ2n) is 5.28. The lowest BCUT2D eigenvalue weighted by atomic mass is 10.2. The molecule has 0 radical (unpaired) electrons. The van der Waals surface area contributed by atoms with Crippen LogP contribution in [-0.4, -0.2) is 30.2 Å². The SMILES string of the molecule is COc1ccccc1N(O)[C@H]1CC(=O)N(c2ccc(F)cc2)C1=O. The van der Waals surface area contributed by atoms with Crippen LogP contribution in [0.5, 0.6) is 5.75 Å². The minimum absolute atomic E-state index is 0.190. The topological polar surface area (TPSA) is 70.1 Å². The van der Waals surface area contributed by atoms with Crippen molar-refractivity contribution in [3.05, 3.63) is 54.3 Å². The molecule has 3 rings (SSSR count). The molecular weight excluding hydrogens is 315 g/mol. The molecule has 1 heterocycles. The van der Waals surface area contributed by atoms with E-state index in [-0.39, 0.29) is 17.8 Å². The number of halogens is 1. The predicted molar refractivity (Wildman–Crippen MR) is 84.6 cm³/mol. The van der Waals surface area contributed by atoms with E-state index in [1.165, 1.54) is 31.4 Å². The molecule has 1 aliphatic heterocycles. The summed E-state index contributed by atoms with van der Waals surface area (Å²) in [5, 5.41) is 11.2. The zero-order valence-corrected chi connectivity index (χ0v) is 12.8. The van der Waals surface area contributed by atoms with Crippen LogP contribution in [-0.2, 0) is 9.59 Å². The number of hydrogen-bond acceptors (Lipinski definition) is 5. The fourth-order valence-electron chi connectivity index (χ4n) is 2.66. The molecule has 2 aromatic rings. The highest BCUT2D eigenvalue weighted by molar-refractivity contribution is 6.23. The van der Waals surface area contributed by atoms with Crippen molar-refractivity contribution >= 4 is 23.2 Å². The molecule has 1 saturated heterocycles. The van der Waals surface area contributed by atoms with Crippen LogP contribution in [0.4, 0.5) is 15.8 Å². The summed E-state index contributed by atoms with van der Waals surface area (Å²) in [7, 11) is 1.44. The number of nitrogens with zero attached hydrogens (tertiary/aromatic N) is 2. The highest BCUT2D eigenvalue weighted by Crippen LogP contribution is 2.32. The molecule has 6 nitrogen and oxygen atoms in total. The molecule has 1 fully saturated rings. The normalized spacial score (nSPS) is 17.3. The molecule has 2 amide bonds. The van der Waals surface area contributed by atoms with Crippen molar-refractivity contribution < 1.29 is 23.9 Å². The number of rotatable bonds is 4. The Morgan fingerprint density at radius 3 is 2.50 bits per heavy atom. The third kappa shape index (κ3) is 2.69. The van der Waals surface area contributed by atoms with Gasteiger partial charge in [0.2, 0.25) is 5.91 Å². The Morgan fingerprint density at radius 1 is 1.17 bits per heavy atom. The van der Waals surface area contributed by atoms with Crippen molar-refractivity contribution in [2.24, 2.45) is 0 Å². The first-order valence-corrected chi connectivity index (χ1v) is 7.26. The van der Waals surface area contributed by atoms with E-state index in [1.807, 2.05) is 0 Å². The summed E-state index contributed by atoms with van der Waals surface area (Å²) in [6, 6.07) is 10.6. The van der Waals surface area contributed by atoms with E-state index in [1.54, 1.807) is 24.3 Å². The average molecular weight is 330 g/mol. The standard InChI is InChI=1S/C17H15FN2O4/c1-24-15-5-3-2-4-13(15)20(23)14-10-16(21)19(17(14)22)12-8-6-11(18)7-9-12/h2-9,14,23H,10H2,1H3/t14-/m0/s1. The van der Waals surface area contributed by atoms with E-state index in [0.29, 0.717) is 5.75 Å². The summed E-state index contributed by atoms with van der Waals surface area (Å²) in [5.41, 5.74) is 0.550. The summed E-state index contributed by atoms with van der Waals surface area (Å²) in [6.45, 7) is 0. The van der Waals surface area contributed by atoms with Crippen LogP contribution in [0.2, 0.25) is 0 Å². The van der Waals surface area contributed by atoms with E-state index in [0.717, 1.165) is 9.96 Å². The number of carbonyl (C=O) groups excluding carboxylic acids is 2. The number of imide groups is 1. The summed E-state index contributed by atoms with van der Waals surface area (Å²) in [6.07, 6.45) is -0.190. The van der Waals surface area contributed by atoms with Crippen molar-refractivity contribution in [2.45, 2.75) is 12.5 Å². The number of anilines is 2. The number of benzene rings is 2. The number of para-hydroxylation sites is 2. The predicted octanol–water partition coefficient (Wildman–Crippen LogP) is 2.36. The van der Waals surface area contributed by atoms with E-state index < -0.39 is 23.7 Å². The molecule has 1 N–H and O–H groups in total. The quantitative estimate of drug-likeness (QED) is 0.688. The maximum absolute atomic E-state index is 13.0. The van der Waals surface area contributed by atoms with Gasteiger partial charge in [0.15, 0.2) is 0 Å². The van der Waals surface area contributed by atoms with Gasteiger partial charge in [-0.05, 0) is 36.4 Å². The van der Waals surface area contributed by atoms with Gasteiger partial charge in [0.1, 0.15) is 23.3 Å². The van der Waals surface area contributed by atoms with Crippen LogP contribution in [0.3, 0.4) is 0 Å². The zero-order valence-electron chi connectivity index (χ0n) is 12.8. The monoisotopic (exact) mass is 330 g/mol. The molecule has 0 bridgehead atoms. The van der Waals surface area contributed by atoms with Crippen LogP contribution in [0, 0.1) is 5.82 Å². The van der Waals surface area contributed by atoms with Crippen LogP contribution < -0.4 is 14.7 Å². The Kier molecular flexibility index (Phi) is 4.18. The lowest BCUT2D eigenvalue weighted by Crippen LogP contribution is -2.40. The van der Waals surface area contributed by atoms with Gasteiger partial charge in [0.05, 0.1) is 19.2 Å². The number of amides is 2. The smallest absolute Gasteiger partial charge is 0.259 e. The second-order valence-corrected chi connectivity index (χ2v) is 5.28. The molecule has 1 atom stereocenters. The maximum atomic E-state index is 13.0. The Labute approximate surface area is 137 Å². The van der Waals surface area contributed by atoms with Gasteiger partial charge in [-0.15, -0.1) is 0 Å². The molecule has 24 heavy (non-hydrogen) atoms. The van der Waals surface area contributed by atoms with E-state index in [2.05, 4.69) is 0 Å². The lowest BCUT2D eigenvalue weighted by molar-refractivity contribution is -0.121. The molecule has 0 aliphatic carbocycles. The van der Waals surface area contributed by atoms with Gasteiger partial charge in [0, 0.05) is 0 Å². The van der Waals surface area contributed by atoms with Crippen LogP contribution >= 0.6 is 0 Å². The number of methoxy groups -OCH3 is 1. The highest BCUT2D eigenvalue weighted by atomic mass is 19.1. The fourth-order valence-corrected chi connectivity index (χ4v) is 2.66. The Hall–Kier alpha value is -2.93. The molecule has 0 unspecified atom stereocenters.